The summed E-state index contributed by atoms with van der Waals surface area (Å²) in [5.41, 5.74) is 0.705. The molecule has 0 aliphatic heterocycles. The number of carboxylic acid groups (broad SMARTS) is 1. The van der Waals surface area contributed by atoms with E-state index < -0.39 is 10.8 Å². The molecule has 0 heterocycles. The summed E-state index contributed by atoms with van der Waals surface area (Å²) in [6.07, 6.45) is 0.373. The second-order valence-electron chi connectivity index (χ2n) is 3.72. The first-order chi connectivity index (χ1) is 7.36. The number of hydrogen-bond acceptors (Lipinski definition) is 1. The number of benzene rings is 1. The molecule has 2 unspecified atom stereocenters. The molecule has 2 rings (SSSR count). The van der Waals surface area contributed by atoms with E-state index in [1.165, 1.54) is 0 Å². The van der Waals surface area contributed by atoms with Crippen LogP contribution in [0.5, 0.6) is 0 Å². The van der Waals surface area contributed by atoms with Gasteiger partial charge in [0.25, 0.3) is 0 Å². The molecule has 1 fully saturated rings. The van der Waals surface area contributed by atoms with E-state index in [2.05, 4.69) is 0 Å². The normalized spacial score (nSPS) is 27.9. The van der Waals surface area contributed by atoms with Gasteiger partial charge >= 0.3 is 5.97 Å². The third-order valence-corrected chi connectivity index (χ3v) is 4.43. The Kier molecular flexibility index (Phi) is 3.04. The molecule has 1 aromatic rings. The molecule has 6 heteroatoms. The lowest BCUT2D eigenvalue weighted by Gasteiger charge is -2.06. The van der Waals surface area contributed by atoms with Crippen molar-refractivity contribution in [2.24, 2.45) is 0 Å². The second-order valence-corrected chi connectivity index (χ2v) is 5.59. The summed E-state index contributed by atoms with van der Waals surface area (Å²) in [6, 6.07) is 3.21. The molecule has 1 aromatic carbocycles. The van der Waals surface area contributed by atoms with Gasteiger partial charge in [-0.2, -0.15) is 0 Å². The van der Waals surface area contributed by atoms with Crippen LogP contribution in [0, 0.1) is 0 Å². The quantitative estimate of drug-likeness (QED) is 0.656. The third-order valence-electron chi connectivity index (χ3n) is 2.66. The second kappa shape index (κ2) is 3.95. The van der Waals surface area contributed by atoms with Crippen molar-refractivity contribution < 1.29 is 9.90 Å². The Hall–Kier alpha value is -0.150. The zero-order valence-corrected chi connectivity index (χ0v) is 10.8. The van der Waals surface area contributed by atoms with Gasteiger partial charge in [-0.25, -0.2) is 0 Å². The summed E-state index contributed by atoms with van der Waals surface area (Å²) in [5, 5.41) is 9.79. The Morgan fingerprint density at radius 1 is 1.31 bits per heavy atom. The fourth-order valence-corrected chi connectivity index (χ4v) is 2.53. The number of hydrogen-bond donors (Lipinski definition) is 1. The van der Waals surface area contributed by atoms with Crippen LogP contribution in [-0.2, 0) is 4.79 Å². The minimum absolute atomic E-state index is 0.265. The molecule has 2 atom stereocenters. The zero-order valence-electron chi connectivity index (χ0n) is 7.81. The van der Waals surface area contributed by atoms with Crippen molar-refractivity contribution in [3.8, 4) is 0 Å². The molecule has 0 bridgehead atoms. The first-order valence-corrected chi connectivity index (χ1v) is 5.94. The first-order valence-electron chi connectivity index (χ1n) is 4.43. The minimum Gasteiger partial charge on any atom is -0.480 e. The Bertz CT molecular complexity index is 451. The Morgan fingerprint density at radius 3 is 2.19 bits per heavy atom. The molecule has 16 heavy (non-hydrogen) atoms. The van der Waals surface area contributed by atoms with Crippen molar-refractivity contribution in [3.63, 3.8) is 0 Å². The molecule has 1 aliphatic rings. The third kappa shape index (κ3) is 1.88. The minimum atomic E-state index is -1.22. The number of aliphatic carboxylic acids is 1. The van der Waals surface area contributed by atoms with E-state index in [4.69, 9.17) is 51.5 Å². The molecule has 1 aliphatic carbocycles. The lowest BCUT2D eigenvalue weighted by atomic mass is 10.1. The maximum absolute atomic E-state index is 10.9. The van der Waals surface area contributed by atoms with Gasteiger partial charge in [0, 0.05) is 5.92 Å². The largest absolute Gasteiger partial charge is 0.480 e. The number of halogens is 4. The molecule has 0 amide bonds. The van der Waals surface area contributed by atoms with E-state index in [-0.39, 0.29) is 10.9 Å². The number of carboxylic acids is 1. The van der Waals surface area contributed by atoms with E-state index in [1.54, 1.807) is 12.1 Å². The van der Waals surface area contributed by atoms with Crippen LogP contribution < -0.4 is 0 Å². The van der Waals surface area contributed by atoms with Gasteiger partial charge in [0.05, 0.1) is 15.1 Å². The van der Waals surface area contributed by atoms with Crippen LogP contribution in [0.3, 0.4) is 0 Å². The van der Waals surface area contributed by atoms with Crippen LogP contribution in [0.15, 0.2) is 12.1 Å². The fourth-order valence-electron chi connectivity index (χ4n) is 1.63. The lowest BCUT2D eigenvalue weighted by Crippen LogP contribution is -2.16. The average molecular weight is 300 g/mol. The standard InChI is InChI=1S/C10H6Cl4O2/c11-6-1-4(2-7(12)8(6)13)5-3-10(5,14)9(15)16/h1-2,5H,3H2,(H,15,16). The van der Waals surface area contributed by atoms with Crippen LogP contribution in [-0.4, -0.2) is 16.0 Å². The predicted octanol–water partition coefficient (Wildman–Crippen LogP) is 4.20. The van der Waals surface area contributed by atoms with E-state index in [0.29, 0.717) is 22.0 Å². The summed E-state index contributed by atoms with van der Waals surface area (Å²) in [5.74, 6) is -1.29. The highest BCUT2D eigenvalue weighted by Gasteiger charge is 2.60. The number of carbonyl (C=O) groups is 1. The van der Waals surface area contributed by atoms with Gasteiger partial charge in [-0.1, -0.05) is 34.8 Å². The molecule has 2 nitrogen and oxygen atoms in total. The molecule has 0 saturated heterocycles. The van der Waals surface area contributed by atoms with Crippen molar-refractivity contribution >= 4 is 52.4 Å². The zero-order chi connectivity index (χ0) is 12.1. The molecule has 86 valence electrons. The summed E-state index contributed by atoms with van der Waals surface area (Å²) in [7, 11) is 0. The van der Waals surface area contributed by atoms with Crippen molar-refractivity contribution in [2.45, 2.75) is 17.2 Å². The van der Waals surface area contributed by atoms with Gasteiger partial charge in [-0.3, -0.25) is 4.79 Å². The van der Waals surface area contributed by atoms with Crippen LogP contribution in [0.25, 0.3) is 0 Å². The summed E-state index contributed by atoms with van der Waals surface area (Å²) in [6.45, 7) is 0. The van der Waals surface area contributed by atoms with Gasteiger partial charge in [0.15, 0.2) is 0 Å². The first kappa shape index (κ1) is 12.3. The van der Waals surface area contributed by atoms with Gasteiger partial charge in [-0.05, 0) is 24.1 Å². The highest BCUT2D eigenvalue weighted by Crippen LogP contribution is 2.57. The Morgan fingerprint density at radius 2 is 1.81 bits per heavy atom. The van der Waals surface area contributed by atoms with Crippen LogP contribution in [0.1, 0.15) is 17.9 Å². The number of rotatable bonds is 2. The smallest absolute Gasteiger partial charge is 0.325 e. The highest BCUT2D eigenvalue weighted by atomic mass is 35.5. The lowest BCUT2D eigenvalue weighted by molar-refractivity contribution is -0.137. The Labute approximate surface area is 112 Å². The van der Waals surface area contributed by atoms with Crippen LogP contribution >= 0.6 is 46.4 Å². The van der Waals surface area contributed by atoms with Crippen LogP contribution in [0.4, 0.5) is 0 Å². The number of alkyl halides is 1. The average Bonchev–Trinajstić information content (AvgIpc) is 2.88. The summed E-state index contributed by atoms with van der Waals surface area (Å²) < 4.78 is 0. The van der Waals surface area contributed by atoms with Gasteiger partial charge in [0.2, 0.25) is 0 Å². The van der Waals surface area contributed by atoms with Crippen LogP contribution in [0.2, 0.25) is 15.1 Å². The van der Waals surface area contributed by atoms with E-state index in [9.17, 15) is 4.79 Å². The van der Waals surface area contributed by atoms with E-state index >= 15 is 0 Å². The maximum atomic E-state index is 10.9. The SMILES string of the molecule is O=C(O)C1(Cl)CC1c1cc(Cl)c(Cl)c(Cl)c1. The van der Waals surface area contributed by atoms with Crippen molar-refractivity contribution in [3.05, 3.63) is 32.8 Å². The van der Waals surface area contributed by atoms with E-state index in [1.807, 2.05) is 0 Å². The van der Waals surface area contributed by atoms with Gasteiger partial charge in [0.1, 0.15) is 4.87 Å². The molecule has 0 aromatic heterocycles. The Balaban J connectivity index is 2.35. The maximum Gasteiger partial charge on any atom is 0.325 e. The molecule has 1 saturated carbocycles. The summed E-state index contributed by atoms with van der Waals surface area (Å²) in [4.78, 5) is 9.66. The molecule has 0 spiro atoms. The highest BCUT2D eigenvalue weighted by molar-refractivity contribution is 6.48. The fraction of sp³-hybridized carbons (Fsp3) is 0.300. The van der Waals surface area contributed by atoms with E-state index in [0.717, 1.165) is 0 Å². The van der Waals surface area contributed by atoms with Gasteiger partial charge in [-0.15, -0.1) is 11.6 Å². The van der Waals surface area contributed by atoms with Crippen molar-refractivity contribution in [1.82, 2.24) is 0 Å². The molecular weight excluding hydrogens is 294 g/mol. The monoisotopic (exact) mass is 298 g/mol. The predicted molar refractivity (Wildman–Crippen MR) is 65.0 cm³/mol. The van der Waals surface area contributed by atoms with Crippen molar-refractivity contribution in [2.75, 3.05) is 0 Å². The van der Waals surface area contributed by atoms with Gasteiger partial charge < -0.3 is 5.11 Å². The van der Waals surface area contributed by atoms with Crippen molar-refractivity contribution in [1.29, 1.82) is 0 Å². The topological polar surface area (TPSA) is 37.3 Å². The summed E-state index contributed by atoms with van der Waals surface area (Å²) >= 11 is 23.4. The molecule has 1 N–H and O–H groups in total. The molecule has 0 radical (unpaired) electrons. The molecular formula is C10H6Cl4O2.